The van der Waals surface area contributed by atoms with Crippen LogP contribution in [-0.2, 0) is 4.79 Å². The van der Waals surface area contributed by atoms with E-state index >= 15 is 0 Å². The van der Waals surface area contributed by atoms with E-state index in [0.717, 1.165) is 0 Å². The molecule has 2 atom stereocenters. The lowest BCUT2D eigenvalue weighted by atomic mass is 10.2. The standard InChI is InChI=1S/C13H19N5OS/c1-10(18-9-14-8-16-18)13(19)15-7-11(17(2)3)12-5-4-6-20-12/h4-6,8-11H,7H2,1-3H3,(H,15,19)/t10-,11+/m1/s1. The third-order valence-electron chi connectivity index (χ3n) is 3.18. The first kappa shape index (κ1) is 14.7. The Morgan fingerprint density at radius 2 is 2.35 bits per heavy atom. The molecule has 0 saturated heterocycles. The van der Waals surface area contributed by atoms with Crippen LogP contribution in [0.25, 0.3) is 0 Å². The quantitative estimate of drug-likeness (QED) is 0.872. The number of hydrogen-bond acceptors (Lipinski definition) is 5. The van der Waals surface area contributed by atoms with Gasteiger partial charge in [-0.3, -0.25) is 4.79 Å². The van der Waals surface area contributed by atoms with E-state index < -0.39 is 0 Å². The molecule has 2 aromatic heterocycles. The van der Waals surface area contributed by atoms with Gasteiger partial charge in [-0.05, 0) is 32.5 Å². The van der Waals surface area contributed by atoms with E-state index in [9.17, 15) is 4.79 Å². The number of nitrogens with one attached hydrogen (secondary N) is 1. The summed E-state index contributed by atoms with van der Waals surface area (Å²) in [4.78, 5) is 19.3. The molecule has 7 heteroatoms. The van der Waals surface area contributed by atoms with Crippen LogP contribution in [0.1, 0.15) is 23.9 Å². The van der Waals surface area contributed by atoms with E-state index in [-0.39, 0.29) is 18.0 Å². The minimum atomic E-state index is -0.358. The van der Waals surface area contributed by atoms with Gasteiger partial charge in [-0.15, -0.1) is 11.3 Å². The highest BCUT2D eigenvalue weighted by Gasteiger charge is 2.19. The minimum absolute atomic E-state index is 0.0566. The number of likely N-dealkylation sites (N-methyl/N-ethyl adjacent to an activating group) is 1. The van der Waals surface area contributed by atoms with Gasteiger partial charge in [0.2, 0.25) is 5.91 Å². The Morgan fingerprint density at radius 3 is 2.90 bits per heavy atom. The van der Waals surface area contributed by atoms with Crippen LogP contribution in [0.4, 0.5) is 0 Å². The summed E-state index contributed by atoms with van der Waals surface area (Å²) in [6.45, 7) is 2.38. The van der Waals surface area contributed by atoms with Gasteiger partial charge in [0.15, 0.2) is 0 Å². The van der Waals surface area contributed by atoms with Crippen LogP contribution in [0, 0.1) is 0 Å². The van der Waals surface area contributed by atoms with Gasteiger partial charge in [0.05, 0.1) is 6.04 Å². The number of amides is 1. The second-order valence-electron chi connectivity index (χ2n) is 4.79. The van der Waals surface area contributed by atoms with Crippen LogP contribution < -0.4 is 5.32 Å². The van der Waals surface area contributed by atoms with Crippen molar-refractivity contribution in [2.75, 3.05) is 20.6 Å². The van der Waals surface area contributed by atoms with Crippen LogP contribution in [0.2, 0.25) is 0 Å². The van der Waals surface area contributed by atoms with Gasteiger partial charge in [0, 0.05) is 11.4 Å². The second-order valence-corrected chi connectivity index (χ2v) is 5.77. The van der Waals surface area contributed by atoms with Crippen molar-refractivity contribution in [2.24, 2.45) is 0 Å². The minimum Gasteiger partial charge on any atom is -0.352 e. The highest BCUT2D eigenvalue weighted by Crippen LogP contribution is 2.22. The van der Waals surface area contributed by atoms with E-state index in [0.29, 0.717) is 6.54 Å². The molecule has 0 aromatic carbocycles. The molecule has 0 aliphatic rings. The summed E-state index contributed by atoms with van der Waals surface area (Å²) in [5.41, 5.74) is 0. The van der Waals surface area contributed by atoms with Gasteiger partial charge >= 0.3 is 0 Å². The fourth-order valence-corrected chi connectivity index (χ4v) is 2.82. The normalized spacial score (nSPS) is 14.2. The zero-order valence-corrected chi connectivity index (χ0v) is 12.7. The average molecular weight is 293 g/mol. The first-order valence-corrected chi connectivity index (χ1v) is 7.29. The molecule has 0 fully saturated rings. The lowest BCUT2D eigenvalue weighted by Crippen LogP contribution is -2.37. The molecule has 1 amide bonds. The van der Waals surface area contributed by atoms with Crippen LogP contribution in [0.5, 0.6) is 0 Å². The van der Waals surface area contributed by atoms with Crippen molar-refractivity contribution < 1.29 is 4.79 Å². The SMILES string of the molecule is C[C@H](C(=O)NC[C@@H](c1cccs1)N(C)C)n1cncn1. The summed E-state index contributed by atoms with van der Waals surface area (Å²) in [7, 11) is 4.02. The monoisotopic (exact) mass is 293 g/mol. The summed E-state index contributed by atoms with van der Waals surface area (Å²) < 4.78 is 1.55. The third kappa shape index (κ3) is 3.43. The van der Waals surface area contributed by atoms with Gasteiger partial charge in [0.1, 0.15) is 18.7 Å². The molecule has 0 saturated carbocycles. The second kappa shape index (κ2) is 6.62. The summed E-state index contributed by atoms with van der Waals surface area (Å²) in [6.07, 6.45) is 2.98. The first-order chi connectivity index (χ1) is 9.59. The molecule has 0 aliphatic heterocycles. The van der Waals surface area contributed by atoms with Gasteiger partial charge < -0.3 is 10.2 Å². The van der Waals surface area contributed by atoms with Crippen LogP contribution in [0.15, 0.2) is 30.2 Å². The van der Waals surface area contributed by atoms with Crippen molar-refractivity contribution in [1.29, 1.82) is 0 Å². The van der Waals surface area contributed by atoms with Crippen molar-refractivity contribution >= 4 is 17.2 Å². The fraction of sp³-hybridized carbons (Fsp3) is 0.462. The largest absolute Gasteiger partial charge is 0.352 e. The van der Waals surface area contributed by atoms with E-state index in [4.69, 9.17) is 0 Å². The van der Waals surface area contributed by atoms with Crippen LogP contribution >= 0.6 is 11.3 Å². The smallest absolute Gasteiger partial charge is 0.244 e. The Hall–Kier alpha value is -1.73. The van der Waals surface area contributed by atoms with Crippen molar-refractivity contribution in [2.45, 2.75) is 19.0 Å². The van der Waals surface area contributed by atoms with Gasteiger partial charge in [-0.25, -0.2) is 9.67 Å². The summed E-state index contributed by atoms with van der Waals surface area (Å²) in [5.74, 6) is -0.0566. The maximum Gasteiger partial charge on any atom is 0.244 e. The number of carbonyl (C=O) groups excluding carboxylic acids is 1. The molecule has 0 aliphatic carbocycles. The third-order valence-corrected chi connectivity index (χ3v) is 4.15. The zero-order valence-electron chi connectivity index (χ0n) is 11.9. The molecule has 108 valence electrons. The van der Waals surface area contributed by atoms with Gasteiger partial charge in [-0.1, -0.05) is 6.07 Å². The van der Waals surface area contributed by atoms with Crippen molar-refractivity contribution in [3.8, 4) is 0 Å². The average Bonchev–Trinajstić information content (AvgIpc) is 3.10. The molecule has 1 N–H and O–H groups in total. The van der Waals surface area contributed by atoms with Gasteiger partial charge in [0.25, 0.3) is 0 Å². The highest BCUT2D eigenvalue weighted by atomic mass is 32.1. The Balaban J connectivity index is 1.94. The van der Waals surface area contributed by atoms with Crippen molar-refractivity contribution in [3.63, 3.8) is 0 Å². The van der Waals surface area contributed by atoms with Crippen molar-refractivity contribution in [1.82, 2.24) is 25.0 Å². The molecule has 0 bridgehead atoms. The van der Waals surface area contributed by atoms with Gasteiger partial charge in [-0.2, -0.15) is 5.10 Å². The predicted octanol–water partition coefficient (Wildman–Crippen LogP) is 1.32. The number of aromatic nitrogens is 3. The molecule has 2 rings (SSSR count). The number of rotatable bonds is 6. The molecule has 2 heterocycles. The van der Waals surface area contributed by atoms with E-state index in [1.54, 1.807) is 29.3 Å². The number of thiophene rings is 1. The Bertz CT molecular complexity index is 523. The Labute approximate surface area is 122 Å². The van der Waals surface area contributed by atoms with Crippen molar-refractivity contribution in [3.05, 3.63) is 35.0 Å². The number of carbonyl (C=O) groups is 1. The number of nitrogens with zero attached hydrogens (tertiary/aromatic N) is 4. The number of hydrogen-bond donors (Lipinski definition) is 1. The highest BCUT2D eigenvalue weighted by molar-refractivity contribution is 7.10. The molecule has 0 unspecified atom stereocenters. The van der Waals surface area contributed by atoms with E-state index in [1.807, 2.05) is 25.5 Å². The fourth-order valence-electron chi connectivity index (χ4n) is 1.90. The predicted molar refractivity (Wildman–Crippen MR) is 78.5 cm³/mol. The molecular weight excluding hydrogens is 274 g/mol. The van der Waals surface area contributed by atoms with Crippen LogP contribution in [-0.4, -0.2) is 46.2 Å². The first-order valence-electron chi connectivity index (χ1n) is 6.41. The zero-order chi connectivity index (χ0) is 14.5. The molecule has 6 nitrogen and oxygen atoms in total. The summed E-state index contributed by atoms with van der Waals surface area (Å²) >= 11 is 1.70. The molecule has 0 spiro atoms. The Kier molecular flexibility index (Phi) is 4.86. The topological polar surface area (TPSA) is 63.1 Å². The lowest BCUT2D eigenvalue weighted by Gasteiger charge is -2.24. The maximum absolute atomic E-state index is 12.1. The summed E-state index contributed by atoms with van der Waals surface area (Å²) in [6, 6.07) is 3.93. The lowest BCUT2D eigenvalue weighted by molar-refractivity contribution is -0.124. The molecular formula is C13H19N5OS. The maximum atomic E-state index is 12.1. The molecule has 0 radical (unpaired) electrons. The van der Waals surface area contributed by atoms with E-state index in [1.165, 1.54) is 11.2 Å². The summed E-state index contributed by atoms with van der Waals surface area (Å²) in [5, 5.41) is 9.01. The van der Waals surface area contributed by atoms with Crippen LogP contribution in [0.3, 0.4) is 0 Å². The molecule has 2 aromatic rings. The molecule has 20 heavy (non-hydrogen) atoms. The van der Waals surface area contributed by atoms with E-state index in [2.05, 4.69) is 26.4 Å². The Morgan fingerprint density at radius 1 is 1.55 bits per heavy atom.